The van der Waals surface area contributed by atoms with Crippen LogP contribution < -0.4 is 0 Å². The van der Waals surface area contributed by atoms with Crippen molar-refractivity contribution in [3.8, 4) is 0 Å². The third-order valence-corrected chi connectivity index (χ3v) is 4.83. The van der Waals surface area contributed by atoms with Crippen molar-refractivity contribution >= 4 is 32.9 Å². The Hall–Kier alpha value is 0.960. The lowest BCUT2D eigenvalue weighted by atomic mass is 10.0. The van der Waals surface area contributed by atoms with Gasteiger partial charge in [0.05, 0.1) is 0 Å². The lowest BCUT2D eigenvalue weighted by Gasteiger charge is -2.05. The predicted octanol–water partition coefficient (Wildman–Crippen LogP) is 5.10. The summed E-state index contributed by atoms with van der Waals surface area (Å²) in [5.41, 5.74) is 0. The van der Waals surface area contributed by atoms with E-state index in [1.165, 1.54) is 37.5 Å². The van der Waals surface area contributed by atoms with E-state index in [4.69, 9.17) is 0 Å². The highest BCUT2D eigenvalue weighted by molar-refractivity contribution is 9.09. The summed E-state index contributed by atoms with van der Waals surface area (Å²) in [7, 11) is 0. The lowest BCUT2D eigenvalue weighted by molar-refractivity contribution is 0.480. The molecule has 2 heteroatoms. The van der Waals surface area contributed by atoms with Crippen LogP contribution in [0, 0.1) is 11.8 Å². The highest BCUT2D eigenvalue weighted by atomic mass is 79.9. The largest absolute Gasteiger partial charge is 0.114 e. The quantitative estimate of drug-likeness (QED) is 0.544. The fraction of sp³-hybridized carbons (Fsp3) is 1.00. The van der Waals surface area contributed by atoms with Gasteiger partial charge >= 0.3 is 0 Å². The van der Waals surface area contributed by atoms with Gasteiger partial charge < -0.3 is 0 Å². The van der Waals surface area contributed by atoms with Crippen LogP contribution in [0.3, 0.4) is 0 Å². The Kier molecular flexibility index (Phi) is 6.07. The topological polar surface area (TPSA) is 0 Å². The van der Waals surface area contributed by atoms with Crippen molar-refractivity contribution in [1.82, 2.24) is 0 Å². The lowest BCUT2D eigenvalue weighted by Crippen LogP contribution is -1.90. The van der Waals surface area contributed by atoms with Gasteiger partial charge in [0, 0.05) is 4.83 Å². The molecule has 0 spiro atoms. The molecular formula is C12H22Br2. The monoisotopic (exact) mass is 324 g/mol. The average molecular weight is 326 g/mol. The maximum absolute atomic E-state index is 3.54. The second-order valence-corrected chi connectivity index (χ2v) is 6.30. The van der Waals surface area contributed by atoms with Crippen molar-refractivity contribution < 1.29 is 0 Å². The molecule has 0 atom stereocenters. The molecule has 3 saturated carbocycles. The van der Waals surface area contributed by atoms with Crippen molar-refractivity contribution in [2.75, 3.05) is 0 Å². The normalized spacial score (nSPS) is 34.9. The van der Waals surface area contributed by atoms with Crippen LogP contribution in [-0.2, 0) is 0 Å². The van der Waals surface area contributed by atoms with Crippen LogP contribution in [-0.4, -0.2) is 4.83 Å². The summed E-state index contributed by atoms with van der Waals surface area (Å²) < 4.78 is 0. The van der Waals surface area contributed by atoms with E-state index in [1.807, 2.05) is 0 Å². The molecule has 0 aromatic rings. The fourth-order valence-corrected chi connectivity index (χ4v) is 3.70. The molecule has 0 amide bonds. The zero-order chi connectivity index (χ0) is 9.10. The first-order chi connectivity index (χ1) is 6.34. The highest BCUT2D eigenvalue weighted by Gasteiger charge is 2.30. The minimum absolute atomic E-state index is 0. The summed E-state index contributed by atoms with van der Waals surface area (Å²) in [6.45, 7) is 0. The fourth-order valence-electron chi connectivity index (χ4n) is 3.05. The predicted molar refractivity (Wildman–Crippen MR) is 71.6 cm³/mol. The molecule has 3 rings (SSSR count). The van der Waals surface area contributed by atoms with Crippen molar-refractivity contribution in [3.63, 3.8) is 0 Å². The summed E-state index contributed by atoms with van der Waals surface area (Å²) in [5, 5.41) is 0. The summed E-state index contributed by atoms with van der Waals surface area (Å²) in [5.74, 6) is 2.34. The Morgan fingerprint density at radius 2 is 1.14 bits per heavy atom. The molecule has 0 N–H and O–H groups in total. The molecule has 0 unspecified atom stereocenters. The number of fused-ring (bicyclic) bond motifs is 2. The van der Waals surface area contributed by atoms with Crippen molar-refractivity contribution in [2.24, 2.45) is 11.8 Å². The molecule has 3 fully saturated rings. The second kappa shape index (κ2) is 6.52. The van der Waals surface area contributed by atoms with E-state index in [0.29, 0.717) is 0 Å². The minimum atomic E-state index is 0. The Morgan fingerprint density at radius 3 is 1.29 bits per heavy atom. The maximum atomic E-state index is 3.54. The third kappa shape index (κ3) is 3.84. The molecule has 0 aromatic heterocycles. The van der Waals surface area contributed by atoms with Crippen LogP contribution in [0.25, 0.3) is 0 Å². The van der Waals surface area contributed by atoms with Gasteiger partial charge in [0.15, 0.2) is 0 Å². The van der Waals surface area contributed by atoms with Crippen LogP contribution in [0.5, 0.6) is 0 Å². The minimum Gasteiger partial charge on any atom is -0.114 e. The number of hydrogen-bond acceptors (Lipinski definition) is 0. The van der Waals surface area contributed by atoms with E-state index in [0.717, 1.165) is 4.83 Å². The molecule has 0 saturated heterocycles. The number of hydrogen-bond donors (Lipinski definition) is 0. The summed E-state index contributed by atoms with van der Waals surface area (Å²) in [6.07, 6.45) is 13.5. The molecule has 0 aliphatic heterocycles. The van der Waals surface area contributed by atoms with Gasteiger partial charge in [0.1, 0.15) is 0 Å². The molecule has 0 aromatic carbocycles. The zero-order valence-electron chi connectivity index (χ0n) is 8.88. The van der Waals surface area contributed by atoms with Gasteiger partial charge in [0.2, 0.25) is 0 Å². The van der Waals surface area contributed by atoms with Crippen molar-refractivity contribution in [2.45, 2.75) is 62.6 Å². The van der Waals surface area contributed by atoms with E-state index in [1.54, 1.807) is 32.1 Å². The summed E-state index contributed by atoms with van der Waals surface area (Å²) >= 11 is 3.54. The van der Waals surface area contributed by atoms with Crippen LogP contribution in [0.1, 0.15) is 57.8 Å². The van der Waals surface area contributed by atoms with Crippen LogP contribution >= 0.6 is 32.9 Å². The Bertz CT molecular complexity index is 134. The van der Waals surface area contributed by atoms with Crippen molar-refractivity contribution in [1.29, 1.82) is 0 Å². The van der Waals surface area contributed by atoms with Gasteiger partial charge in [-0.05, 0) is 31.1 Å². The smallest absolute Gasteiger partial charge is 0.0145 e. The SMILES string of the molecule is Br.BrC1CCCC1.C1CC2CCC1C2. The number of alkyl halides is 1. The van der Waals surface area contributed by atoms with Crippen LogP contribution in [0.2, 0.25) is 0 Å². The molecule has 84 valence electrons. The first-order valence-electron chi connectivity index (χ1n) is 5.98. The Morgan fingerprint density at radius 1 is 0.714 bits per heavy atom. The highest BCUT2D eigenvalue weighted by Crippen LogP contribution is 2.43. The molecular weight excluding hydrogens is 304 g/mol. The number of halogens is 2. The Labute approximate surface area is 107 Å². The van der Waals surface area contributed by atoms with Gasteiger partial charge in [-0.25, -0.2) is 0 Å². The van der Waals surface area contributed by atoms with E-state index in [-0.39, 0.29) is 17.0 Å². The standard InChI is InChI=1S/C7H12.C5H9Br.BrH/c1-2-7-4-3-6(1)5-7;6-5-3-1-2-4-5;/h6-7H,1-5H2;5H,1-4H2;1H. The van der Waals surface area contributed by atoms with E-state index >= 15 is 0 Å². The van der Waals surface area contributed by atoms with E-state index in [9.17, 15) is 0 Å². The first-order valence-corrected chi connectivity index (χ1v) is 6.90. The zero-order valence-corrected chi connectivity index (χ0v) is 12.2. The summed E-state index contributed by atoms with van der Waals surface area (Å²) in [6, 6.07) is 0. The van der Waals surface area contributed by atoms with Gasteiger partial charge in [0.25, 0.3) is 0 Å². The molecule has 3 aliphatic carbocycles. The van der Waals surface area contributed by atoms with Crippen LogP contribution in [0.15, 0.2) is 0 Å². The molecule has 0 heterocycles. The second-order valence-electron chi connectivity index (χ2n) is 5.00. The van der Waals surface area contributed by atoms with Gasteiger partial charge in [-0.2, -0.15) is 0 Å². The summed E-state index contributed by atoms with van der Waals surface area (Å²) in [4.78, 5) is 0.859. The number of rotatable bonds is 0. The van der Waals surface area contributed by atoms with Gasteiger partial charge in [-0.1, -0.05) is 54.5 Å². The van der Waals surface area contributed by atoms with E-state index < -0.39 is 0 Å². The Balaban J connectivity index is 0.000000132. The molecule has 14 heavy (non-hydrogen) atoms. The third-order valence-electron chi connectivity index (χ3n) is 3.92. The molecule has 0 radical (unpaired) electrons. The molecule has 0 nitrogen and oxygen atoms in total. The average Bonchev–Trinajstić information content (AvgIpc) is 2.80. The molecule has 2 bridgehead atoms. The van der Waals surface area contributed by atoms with Gasteiger partial charge in [-0.15, -0.1) is 17.0 Å². The molecule has 3 aliphatic rings. The van der Waals surface area contributed by atoms with Crippen molar-refractivity contribution in [3.05, 3.63) is 0 Å². The van der Waals surface area contributed by atoms with E-state index in [2.05, 4.69) is 15.9 Å². The first kappa shape index (κ1) is 13.0. The van der Waals surface area contributed by atoms with Gasteiger partial charge in [-0.3, -0.25) is 0 Å². The maximum Gasteiger partial charge on any atom is 0.0145 e. The van der Waals surface area contributed by atoms with Crippen LogP contribution in [0.4, 0.5) is 0 Å².